The van der Waals surface area contributed by atoms with Crippen molar-refractivity contribution in [2.24, 2.45) is 11.8 Å². The van der Waals surface area contributed by atoms with Gasteiger partial charge in [0.05, 0.1) is 6.29 Å². The van der Waals surface area contributed by atoms with Crippen LogP contribution in [-0.4, -0.2) is 18.5 Å². The minimum atomic E-state index is -0.443. The van der Waals surface area contributed by atoms with Crippen LogP contribution in [0.3, 0.4) is 0 Å². The second-order valence-electron chi connectivity index (χ2n) is 6.31. The Hall–Kier alpha value is -0.165. The number of carbonyl (C=O) groups is 1. The van der Waals surface area contributed by atoms with E-state index in [0.29, 0.717) is 6.42 Å². The Balaban J connectivity index is -0.0000000790. The van der Waals surface area contributed by atoms with E-state index in [1.54, 1.807) is 30.8 Å². The van der Waals surface area contributed by atoms with Crippen molar-refractivity contribution in [3.8, 4) is 5.75 Å². The summed E-state index contributed by atoms with van der Waals surface area (Å²) in [6, 6.07) is 4.95. The molecule has 0 radical (unpaired) electrons. The van der Waals surface area contributed by atoms with Crippen molar-refractivity contribution in [2.45, 2.75) is 68.7 Å². The summed E-state index contributed by atoms with van der Waals surface area (Å²) in [5.41, 5.74) is 1.19. The molecule has 0 amide bonds. The van der Waals surface area contributed by atoms with Crippen LogP contribution in [0.4, 0.5) is 0 Å². The molecule has 0 spiro atoms. The first-order chi connectivity index (χ1) is 13.3. The van der Waals surface area contributed by atoms with Gasteiger partial charge in [0.1, 0.15) is 0 Å². The van der Waals surface area contributed by atoms with Crippen molar-refractivity contribution in [3.63, 3.8) is 0 Å². The standard InChI is InChI=1S/C10H9O3.C8H16.C6H9O.CH4.3W/c1-7-3-4-9(6-11)10(5-7)13-8(2)12;1-5-7(3)8(4)6-2;1-2-3-4-5-6-7;;;;/h3-5H,1-2H3;5-8H,1-4H3;3-4H,2,5H2,1H3;1H4;;;/q-1;-2;-1;;;2*+2/b;;4-3-;;;;. The van der Waals surface area contributed by atoms with Crippen LogP contribution in [0.2, 0.25) is 0 Å². The number of allylic oxidation sites excluding steroid dienone is 2. The molecule has 0 N–H and O–H groups in total. The maximum absolute atomic E-state index is 10.6. The summed E-state index contributed by atoms with van der Waals surface area (Å²) in [5, 5.41) is 0. The van der Waals surface area contributed by atoms with Crippen LogP contribution in [0.25, 0.3) is 0 Å². The summed E-state index contributed by atoms with van der Waals surface area (Å²) in [7, 11) is 0. The molecule has 0 aliphatic rings. The van der Waals surface area contributed by atoms with Crippen molar-refractivity contribution in [2.75, 3.05) is 0 Å². The average Bonchev–Trinajstić information content (AvgIpc) is 2.68. The van der Waals surface area contributed by atoms with Crippen LogP contribution in [0.15, 0.2) is 30.4 Å². The zero-order chi connectivity index (χ0) is 21.9. The Labute approximate surface area is 239 Å². The fraction of sp³-hybridized carbons (Fsp3) is 0.480. The quantitative estimate of drug-likeness (QED) is 0.136. The average molecular weight is 954 g/mol. The molecule has 0 bridgehead atoms. The van der Waals surface area contributed by atoms with E-state index in [1.807, 2.05) is 26.0 Å². The molecule has 1 rings (SSSR count). The number of rotatable bonds is 8. The van der Waals surface area contributed by atoms with E-state index >= 15 is 0 Å². The topological polar surface area (TPSA) is 60.4 Å². The van der Waals surface area contributed by atoms with Gasteiger partial charge in [0.15, 0.2) is 0 Å². The third kappa shape index (κ3) is 26.1. The minimum Gasteiger partial charge on any atom is -0.541 e. The molecule has 0 aliphatic heterocycles. The van der Waals surface area contributed by atoms with E-state index in [0.717, 1.165) is 23.8 Å². The first kappa shape index (κ1) is 45.3. The van der Waals surface area contributed by atoms with Crippen LogP contribution in [0.5, 0.6) is 5.75 Å². The predicted octanol–water partition coefficient (Wildman–Crippen LogP) is 6.17. The molecule has 2 unspecified atom stereocenters. The largest absolute Gasteiger partial charge is 2.00 e. The molecule has 0 fully saturated rings. The van der Waals surface area contributed by atoms with E-state index in [4.69, 9.17) is 4.74 Å². The number of hydrogen-bond donors (Lipinski definition) is 0. The van der Waals surface area contributed by atoms with Crippen molar-refractivity contribution >= 4 is 18.5 Å². The van der Waals surface area contributed by atoms with E-state index in [-0.39, 0.29) is 81.9 Å². The van der Waals surface area contributed by atoms with Crippen LogP contribution in [0.1, 0.15) is 72.9 Å². The van der Waals surface area contributed by atoms with E-state index < -0.39 is 5.97 Å². The molecule has 0 aromatic heterocycles. The van der Waals surface area contributed by atoms with Gasteiger partial charge in [-0.15, -0.1) is 24.1 Å². The number of esters is 1. The summed E-state index contributed by atoms with van der Waals surface area (Å²) in [6.45, 7) is 13.9. The molecule has 1 aromatic rings. The second kappa shape index (κ2) is 30.8. The van der Waals surface area contributed by atoms with Gasteiger partial charge in [-0.05, 0) is 13.3 Å². The summed E-state index contributed by atoms with van der Waals surface area (Å²) >= 11 is 0. The second-order valence-corrected chi connectivity index (χ2v) is 6.31. The molecule has 2 atom stereocenters. The summed E-state index contributed by atoms with van der Waals surface area (Å²) in [6.07, 6.45) is 13.1. The van der Waals surface area contributed by atoms with Crippen LogP contribution in [-0.2, 0) is 77.6 Å². The molecule has 0 saturated heterocycles. The maximum atomic E-state index is 10.6. The number of aryl methyl sites for hydroxylation is 1. The van der Waals surface area contributed by atoms with Gasteiger partial charge < -0.3 is 27.2 Å². The first-order valence-corrected chi connectivity index (χ1v) is 9.53. The fourth-order valence-electron chi connectivity index (χ4n) is 1.86. The molecule has 7 heteroatoms. The maximum Gasteiger partial charge on any atom is 2.00 e. The van der Waals surface area contributed by atoms with Gasteiger partial charge in [-0.2, -0.15) is 31.7 Å². The molecule has 0 heterocycles. The molecule has 1 aromatic carbocycles. The zero-order valence-electron chi connectivity index (χ0n) is 19.5. The van der Waals surface area contributed by atoms with Gasteiger partial charge in [-0.1, -0.05) is 45.9 Å². The number of carbonyl (C=O) groups excluding carboxylic acids is 3. The molecule has 0 aliphatic carbocycles. The third-order valence-electron chi connectivity index (χ3n) is 3.99. The monoisotopic (exact) mass is 954 g/mol. The Morgan fingerprint density at radius 2 is 1.59 bits per heavy atom. The van der Waals surface area contributed by atoms with E-state index in [2.05, 4.69) is 40.5 Å². The number of benzene rings is 1. The first-order valence-electron chi connectivity index (χ1n) is 9.53. The van der Waals surface area contributed by atoms with Gasteiger partial charge in [-0.3, -0.25) is 11.1 Å². The van der Waals surface area contributed by atoms with Crippen molar-refractivity contribution in [1.29, 1.82) is 0 Å². The number of ether oxygens (including phenoxy) is 1. The van der Waals surface area contributed by atoms with Crippen molar-refractivity contribution in [3.05, 3.63) is 54.3 Å². The molecule has 4 nitrogen and oxygen atoms in total. The van der Waals surface area contributed by atoms with Gasteiger partial charge in [0, 0.05) is 33.7 Å². The summed E-state index contributed by atoms with van der Waals surface area (Å²) in [4.78, 5) is 30.5. The van der Waals surface area contributed by atoms with Gasteiger partial charge in [-0.25, -0.2) is 0 Å². The van der Waals surface area contributed by atoms with Crippen LogP contribution >= 0.6 is 0 Å². The zero-order valence-corrected chi connectivity index (χ0v) is 28.3. The van der Waals surface area contributed by atoms with Crippen molar-refractivity contribution in [1.82, 2.24) is 0 Å². The van der Waals surface area contributed by atoms with E-state index in [9.17, 15) is 14.4 Å². The third-order valence-corrected chi connectivity index (χ3v) is 3.99. The van der Waals surface area contributed by atoms with Crippen LogP contribution < -0.4 is 4.74 Å². The summed E-state index contributed by atoms with van der Waals surface area (Å²) in [5.74, 6) is 1.30. The van der Waals surface area contributed by atoms with Gasteiger partial charge in [0.2, 0.25) is 0 Å². The molecule has 32 heavy (non-hydrogen) atoms. The number of hydrogen-bond acceptors (Lipinski definition) is 4. The minimum absolute atomic E-state index is 0. The SMILES string of the molecule is C.CC(=O)Oc1cc(C)ccc1[C-]=O.CC/C=C\C[C-]=O.C[CH-]C(C)C(C)[CH-]C.[W+2].[W+2].[W]. The van der Waals surface area contributed by atoms with E-state index in [1.165, 1.54) is 6.92 Å². The van der Waals surface area contributed by atoms with Crippen molar-refractivity contribution < 1.29 is 82.3 Å². The Kier molecular flexibility index (Phi) is 43.7. The molecular weight excluding hydrogens is 916 g/mol. The smallest absolute Gasteiger partial charge is 0.541 e. The molecule has 180 valence electrons. The fourth-order valence-corrected chi connectivity index (χ4v) is 1.86. The Morgan fingerprint density at radius 3 is 1.94 bits per heavy atom. The van der Waals surface area contributed by atoms with Crippen LogP contribution in [0, 0.1) is 31.6 Å². The van der Waals surface area contributed by atoms with Gasteiger partial charge >= 0.3 is 42.1 Å². The normalized spacial score (nSPS) is 10.5. The Morgan fingerprint density at radius 1 is 1.09 bits per heavy atom. The van der Waals surface area contributed by atoms with Gasteiger partial charge in [0.25, 0.3) is 5.97 Å². The molecule has 0 saturated carbocycles. The summed E-state index contributed by atoms with van der Waals surface area (Å²) < 4.78 is 4.82. The predicted molar refractivity (Wildman–Crippen MR) is 122 cm³/mol. The Bertz CT molecular complexity index is 597. The molecular formula is C25H38O4W3.